The lowest BCUT2D eigenvalue weighted by molar-refractivity contribution is -0.122. The van der Waals surface area contributed by atoms with Crippen molar-refractivity contribution in [3.05, 3.63) is 35.5 Å². The van der Waals surface area contributed by atoms with E-state index in [9.17, 15) is 4.79 Å². The highest BCUT2D eigenvalue weighted by Gasteiger charge is 2.43. The Morgan fingerprint density at radius 2 is 2.25 bits per heavy atom. The molecule has 3 aromatic rings. The van der Waals surface area contributed by atoms with E-state index in [4.69, 9.17) is 9.90 Å². The predicted molar refractivity (Wildman–Crippen MR) is 107 cm³/mol. The average molecular weight is 398 g/mol. The molecule has 1 saturated carbocycles. The summed E-state index contributed by atoms with van der Waals surface area (Å²) in [5.41, 5.74) is 2.56. The molecule has 7 nitrogen and oxygen atoms in total. The van der Waals surface area contributed by atoms with Crippen LogP contribution in [0.3, 0.4) is 0 Å². The third-order valence-electron chi connectivity index (χ3n) is 5.92. The van der Waals surface area contributed by atoms with Crippen LogP contribution in [0, 0.1) is 11.8 Å². The van der Waals surface area contributed by atoms with Crippen molar-refractivity contribution >= 4 is 34.5 Å². The molecule has 1 aliphatic heterocycles. The molecule has 0 radical (unpaired) electrons. The lowest BCUT2D eigenvalue weighted by atomic mass is 9.89. The van der Waals surface area contributed by atoms with Crippen LogP contribution in [0.5, 0.6) is 0 Å². The molecule has 2 aliphatic rings. The molecular formula is C20H22N4O3S. The molecule has 3 unspecified atom stereocenters. The predicted octanol–water partition coefficient (Wildman–Crippen LogP) is 3.30. The van der Waals surface area contributed by atoms with Crippen LogP contribution in [0.2, 0.25) is 0 Å². The van der Waals surface area contributed by atoms with Gasteiger partial charge in [0.15, 0.2) is 5.78 Å². The maximum absolute atomic E-state index is 12.8. The third-order valence-corrected chi connectivity index (χ3v) is 6.74. The standard InChI is InChI=1S/C19H20N4OS.CH2O2/c1-23-10-13-7-14(23)6-12(13)9-17(24)18-15-3-2-11(8-16(15)21-22-18)19-20-4-5-25-19;2-1-3/h2-5,8,12-14H,6-7,9-10H2,1H3,(H,21,22);1H,(H,2,3). The van der Waals surface area contributed by atoms with Crippen LogP contribution in [0.15, 0.2) is 29.8 Å². The quantitative estimate of drug-likeness (QED) is 0.517. The van der Waals surface area contributed by atoms with Gasteiger partial charge in [0.1, 0.15) is 10.7 Å². The van der Waals surface area contributed by atoms with E-state index < -0.39 is 0 Å². The van der Waals surface area contributed by atoms with Crippen molar-refractivity contribution in [1.82, 2.24) is 20.1 Å². The number of aromatic amines is 1. The molecule has 146 valence electrons. The normalized spacial score (nSPS) is 23.5. The number of ketones is 1. The van der Waals surface area contributed by atoms with Crippen molar-refractivity contribution in [3.8, 4) is 10.6 Å². The number of thiazole rings is 1. The fourth-order valence-electron chi connectivity index (χ4n) is 4.60. The number of benzene rings is 1. The van der Waals surface area contributed by atoms with Crippen LogP contribution >= 0.6 is 11.3 Å². The maximum atomic E-state index is 12.8. The molecule has 1 aromatic carbocycles. The molecule has 2 aromatic heterocycles. The first-order valence-corrected chi connectivity index (χ1v) is 10.2. The molecule has 28 heavy (non-hydrogen) atoms. The second kappa shape index (κ2) is 7.81. The molecule has 5 rings (SSSR count). The summed E-state index contributed by atoms with van der Waals surface area (Å²) in [7, 11) is 2.20. The zero-order valence-corrected chi connectivity index (χ0v) is 16.4. The number of hydrogen-bond acceptors (Lipinski definition) is 6. The van der Waals surface area contributed by atoms with E-state index >= 15 is 0 Å². The number of carbonyl (C=O) groups is 2. The summed E-state index contributed by atoms with van der Waals surface area (Å²) < 4.78 is 0. The smallest absolute Gasteiger partial charge is 0.290 e. The highest BCUT2D eigenvalue weighted by atomic mass is 32.1. The lowest BCUT2D eigenvalue weighted by Crippen LogP contribution is -2.32. The number of nitrogens with one attached hydrogen (secondary N) is 1. The fourth-order valence-corrected chi connectivity index (χ4v) is 5.23. The first-order valence-electron chi connectivity index (χ1n) is 9.30. The first kappa shape index (κ1) is 18.8. The minimum atomic E-state index is -0.250. The van der Waals surface area contributed by atoms with E-state index in [0.717, 1.165) is 34.4 Å². The minimum absolute atomic E-state index is 0.174. The number of carbonyl (C=O) groups excluding carboxylic acids is 1. The summed E-state index contributed by atoms with van der Waals surface area (Å²) in [6, 6.07) is 6.74. The van der Waals surface area contributed by atoms with Crippen LogP contribution in [0.25, 0.3) is 21.5 Å². The van der Waals surface area contributed by atoms with Crippen molar-refractivity contribution in [1.29, 1.82) is 0 Å². The van der Waals surface area contributed by atoms with Gasteiger partial charge < -0.3 is 10.0 Å². The summed E-state index contributed by atoms with van der Waals surface area (Å²) in [4.78, 5) is 28.0. The maximum Gasteiger partial charge on any atom is 0.290 e. The molecule has 2 bridgehead atoms. The molecule has 0 amide bonds. The molecule has 1 aliphatic carbocycles. The number of fused-ring (bicyclic) bond motifs is 3. The Morgan fingerprint density at radius 3 is 2.89 bits per heavy atom. The Morgan fingerprint density at radius 1 is 1.43 bits per heavy atom. The Bertz CT molecular complexity index is 983. The number of rotatable bonds is 4. The number of Topliss-reactive ketones (excluding diaryl/α,β-unsaturated/α-hetero) is 1. The zero-order valence-electron chi connectivity index (χ0n) is 15.5. The molecule has 1 saturated heterocycles. The van der Waals surface area contributed by atoms with Crippen molar-refractivity contribution < 1.29 is 14.7 Å². The topological polar surface area (TPSA) is 99.2 Å². The van der Waals surface area contributed by atoms with E-state index in [1.807, 2.05) is 23.6 Å². The van der Waals surface area contributed by atoms with Gasteiger partial charge in [-0.25, -0.2) is 4.98 Å². The number of hydrogen-bond donors (Lipinski definition) is 2. The molecule has 3 atom stereocenters. The van der Waals surface area contributed by atoms with Gasteiger partial charge in [0.05, 0.1) is 5.52 Å². The Kier molecular flexibility index (Phi) is 5.23. The van der Waals surface area contributed by atoms with Crippen molar-refractivity contribution in [2.24, 2.45) is 11.8 Å². The Labute approximate surface area is 166 Å². The van der Waals surface area contributed by atoms with Crippen LogP contribution < -0.4 is 0 Å². The third kappa shape index (κ3) is 3.45. The van der Waals surface area contributed by atoms with Crippen molar-refractivity contribution in [2.75, 3.05) is 13.6 Å². The van der Waals surface area contributed by atoms with Crippen LogP contribution in [0.4, 0.5) is 0 Å². The summed E-state index contributed by atoms with van der Waals surface area (Å²) in [6.45, 7) is 0.890. The van der Waals surface area contributed by atoms with Crippen LogP contribution in [-0.4, -0.2) is 57.1 Å². The number of piperidine rings is 1. The van der Waals surface area contributed by atoms with Crippen molar-refractivity contribution in [2.45, 2.75) is 25.3 Å². The van der Waals surface area contributed by atoms with E-state index in [0.29, 0.717) is 30.0 Å². The van der Waals surface area contributed by atoms with Gasteiger partial charge in [-0.2, -0.15) is 5.10 Å². The monoisotopic (exact) mass is 398 g/mol. The van der Waals surface area contributed by atoms with E-state index in [-0.39, 0.29) is 12.3 Å². The van der Waals surface area contributed by atoms with Crippen molar-refractivity contribution in [3.63, 3.8) is 0 Å². The molecule has 3 heterocycles. The van der Waals surface area contributed by atoms with Crippen LogP contribution in [-0.2, 0) is 4.79 Å². The first-order chi connectivity index (χ1) is 13.6. The van der Waals surface area contributed by atoms with Gasteiger partial charge in [0, 0.05) is 41.5 Å². The highest BCUT2D eigenvalue weighted by Crippen LogP contribution is 2.43. The fraction of sp³-hybridized carbons (Fsp3) is 0.400. The number of carboxylic acid groups (broad SMARTS) is 1. The summed E-state index contributed by atoms with van der Waals surface area (Å²) in [5, 5.41) is 18.1. The average Bonchev–Trinajstić information content (AvgIpc) is 3.45. The Balaban J connectivity index is 0.000000604. The number of nitrogens with zero attached hydrogens (tertiary/aromatic N) is 3. The van der Waals surface area contributed by atoms with Gasteiger partial charge >= 0.3 is 0 Å². The lowest BCUT2D eigenvalue weighted by Gasteiger charge is -2.27. The summed E-state index contributed by atoms with van der Waals surface area (Å²) in [5.74, 6) is 1.38. The van der Waals surface area contributed by atoms with Gasteiger partial charge in [-0.3, -0.25) is 14.7 Å². The Hall–Kier alpha value is -2.58. The second-order valence-corrected chi connectivity index (χ2v) is 8.38. The second-order valence-electron chi connectivity index (χ2n) is 7.49. The molecule has 8 heteroatoms. The van der Waals surface area contributed by atoms with E-state index in [1.165, 1.54) is 6.42 Å². The van der Waals surface area contributed by atoms with Gasteiger partial charge in [-0.05, 0) is 43.9 Å². The van der Waals surface area contributed by atoms with Gasteiger partial charge in [0.2, 0.25) is 0 Å². The highest BCUT2D eigenvalue weighted by molar-refractivity contribution is 7.13. The van der Waals surface area contributed by atoms with Gasteiger partial charge in [-0.1, -0.05) is 6.07 Å². The molecular weight excluding hydrogens is 376 g/mol. The SMILES string of the molecule is CN1CC2CC1CC2CC(=O)c1n[nH]c2cc(-c3nccs3)ccc12.O=CO. The van der Waals surface area contributed by atoms with Gasteiger partial charge in [0.25, 0.3) is 6.47 Å². The van der Waals surface area contributed by atoms with Crippen LogP contribution in [0.1, 0.15) is 29.8 Å². The summed E-state index contributed by atoms with van der Waals surface area (Å²) >= 11 is 1.61. The number of likely N-dealkylation sites (tertiary alicyclic amines) is 1. The minimum Gasteiger partial charge on any atom is -0.483 e. The van der Waals surface area contributed by atoms with E-state index in [1.54, 1.807) is 17.5 Å². The largest absolute Gasteiger partial charge is 0.483 e. The molecule has 0 spiro atoms. The number of aromatic nitrogens is 3. The van der Waals surface area contributed by atoms with E-state index in [2.05, 4.69) is 27.1 Å². The number of H-pyrrole nitrogens is 1. The molecule has 2 N–H and O–H groups in total. The summed E-state index contributed by atoms with van der Waals surface area (Å²) in [6.07, 6.45) is 4.85. The van der Waals surface area contributed by atoms with Gasteiger partial charge in [-0.15, -0.1) is 11.3 Å². The zero-order chi connectivity index (χ0) is 19.7. The molecule has 2 fully saturated rings.